The van der Waals surface area contributed by atoms with Gasteiger partial charge in [-0.2, -0.15) is 0 Å². The average molecular weight is 299 g/mol. The first-order chi connectivity index (χ1) is 8.81. The first-order valence-corrected chi connectivity index (χ1v) is 7.94. The van der Waals surface area contributed by atoms with Gasteiger partial charge in [0.25, 0.3) is 0 Å². The molecular weight excluding hydrogens is 284 g/mol. The minimum Gasteiger partial charge on any atom is -0.313 e. The molecule has 1 aromatic heterocycles. The number of aromatic nitrogens is 1. The summed E-state index contributed by atoms with van der Waals surface area (Å²) in [6, 6.07) is 6.04. The molecule has 0 aliphatic carbocycles. The maximum absolute atomic E-state index is 6.29. The lowest BCUT2D eigenvalue weighted by Crippen LogP contribution is -2.14. The van der Waals surface area contributed by atoms with Crippen LogP contribution in [0.5, 0.6) is 0 Å². The molecule has 5 heteroatoms. The van der Waals surface area contributed by atoms with Crippen LogP contribution in [0.2, 0.25) is 5.02 Å². The van der Waals surface area contributed by atoms with Crippen molar-refractivity contribution in [2.24, 2.45) is 0 Å². The molecule has 0 saturated heterocycles. The summed E-state index contributed by atoms with van der Waals surface area (Å²) < 4.78 is 1.03. The molecule has 0 aliphatic heterocycles. The normalized spacial score (nSPS) is 10.8. The molecule has 1 aromatic carbocycles. The molecule has 0 radical (unpaired) electrons. The van der Waals surface area contributed by atoms with E-state index in [-0.39, 0.29) is 0 Å². The van der Waals surface area contributed by atoms with Gasteiger partial charge in [0.1, 0.15) is 0 Å². The fraction of sp³-hybridized carbons (Fsp3) is 0.308. The number of thiazole rings is 1. The van der Waals surface area contributed by atoms with Crippen molar-refractivity contribution < 1.29 is 0 Å². The van der Waals surface area contributed by atoms with Crippen molar-refractivity contribution >= 4 is 34.7 Å². The number of nitrogens with one attached hydrogen (secondary N) is 1. The minimum absolute atomic E-state index is 0.797. The second-order valence-corrected chi connectivity index (χ2v) is 6.36. The highest BCUT2D eigenvalue weighted by Gasteiger charge is 2.09. The summed E-state index contributed by atoms with van der Waals surface area (Å²) in [5, 5.41) is 6.19. The SMILES string of the molecule is CCCNCc1cccc(Cl)c1Sc1nccs1. The fourth-order valence-corrected chi connectivity index (χ4v) is 3.56. The lowest BCUT2D eigenvalue weighted by atomic mass is 10.2. The Balaban J connectivity index is 2.15. The monoisotopic (exact) mass is 298 g/mol. The van der Waals surface area contributed by atoms with E-state index >= 15 is 0 Å². The molecule has 0 saturated carbocycles. The van der Waals surface area contributed by atoms with Gasteiger partial charge in [0.05, 0.1) is 5.02 Å². The third kappa shape index (κ3) is 3.72. The Bertz CT molecular complexity index is 486. The lowest BCUT2D eigenvalue weighted by molar-refractivity contribution is 0.669. The van der Waals surface area contributed by atoms with E-state index in [9.17, 15) is 0 Å². The summed E-state index contributed by atoms with van der Waals surface area (Å²) in [5.41, 5.74) is 1.23. The van der Waals surface area contributed by atoms with Crippen molar-refractivity contribution in [2.45, 2.75) is 29.1 Å². The Kier molecular flexibility index (Phi) is 5.50. The van der Waals surface area contributed by atoms with Crippen molar-refractivity contribution in [1.82, 2.24) is 10.3 Å². The zero-order chi connectivity index (χ0) is 12.8. The van der Waals surface area contributed by atoms with Crippen molar-refractivity contribution in [2.75, 3.05) is 6.54 Å². The number of hydrogen-bond acceptors (Lipinski definition) is 4. The number of hydrogen-bond donors (Lipinski definition) is 1. The average Bonchev–Trinajstić information content (AvgIpc) is 2.86. The van der Waals surface area contributed by atoms with Gasteiger partial charge in [0, 0.05) is 23.0 Å². The summed E-state index contributed by atoms with van der Waals surface area (Å²) in [7, 11) is 0. The quantitative estimate of drug-likeness (QED) is 0.798. The number of nitrogens with zero attached hydrogens (tertiary/aromatic N) is 1. The second-order valence-electron chi connectivity index (χ2n) is 3.80. The van der Waals surface area contributed by atoms with Crippen LogP contribution < -0.4 is 5.32 Å². The lowest BCUT2D eigenvalue weighted by Gasteiger charge is -2.10. The molecule has 0 atom stereocenters. The van der Waals surface area contributed by atoms with Crippen molar-refractivity contribution in [3.63, 3.8) is 0 Å². The molecule has 0 fully saturated rings. The summed E-state index contributed by atoms with van der Waals surface area (Å²) in [4.78, 5) is 5.40. The Morgan fingerprint density at radius 3 is 3.06 bits per heavy atom. The smallest absolute Gasteiger partial charge is 0.154 e. The van der Waals surface area contributed by atoms with Crippen LogP contribution in [0.3, 0.4) is 0 Å². The van der Waals surface area contributed by atoms with Crippen LogP contribution in [0.15, 0.2) is 39.0 Å². The van der Waals surface area contributed by atoms with Crippen LogP contribution in [-0.4, -0.2) is 11.5 Å². The minimum atomic E-state index is 0.797. The van der Waals surface area contributed by atoms with Gasteiger partial charge >= 0.3 is 0 Å². The molecule has 2 rings (SSSR count). The van der Waals surface area contributed by atoms with Crippen LogP contribution in [0.25, 0.3) is 0 Å². The molecule has 18 heavy (non-hydrogen) atoms. The van der Waals surface area contributed by atoms with E-state index in [4.69, 9.17) is 11.6 Å². The highest BCUT2D eigenvalue weighted by Crippen LogP contribution is 2.36. The fourth-order valence-electron chi connectivity index (χ4n) is 1.55. The van der Waals surface area contributed by atoms with E-state index in [1.165, 1.54) is 5.56 Å². The van der Waals surface area contributed by atoms with E-state index in [2.05, 4.69) is 23.3 Å². The molecule has 0 bridgehead atoms. The maximum Gasteiger partial charge on any atom is 0.154 e. The predicted molar refractivity (Wildman–Crippen MR) is 79.7 cm³/mol. The van der Waals surface area contributed by atoms with Crippen LogP contribution in [-0.2, 0) is 6.54 Å². The van der Waals surface area contributed by atoms with Gasteiger partial charge in [-0.1, -0.05) is 42.4 Å². The van der Waals surface area contributed by atoms with E-state index in [0.717, 1.165) is 33.8 Å². The molecule has 0 spiro atoms. The largest absolute Gasteiger partial charge is 0.313 e. The molecule has 2 aromatic rings. The van der Waals surface area contributed by atoms with Crippen molar-refractivity contribution in [1.29, 1.82) is 0 Å². The molecule has 0 amide bonds. The van der Waals surface area contributed by atoms with Gasteiger partial charge in [0.2, 0.25) is 0 Å². The van der Waals surface area contributed by atoms with Gasteiger partial charge in [-0.25, -0.2) is 4.98 Å². The van der Waals surface area contributed by atoms with E-state index in [0.29, 0.717) is 0 Å². The third-order valence-electron chi connectivity index (χ3n) is 2.39. The Hall–Kier alpha value is -0.550. The first-order valence-electron chi connectivity index (χ1n) is 5.86. The van der Waals surface area contributed by atoms with Gasteiger partial charge in [-0.3, -0.25) is 0 Å². The van der Waals surface area contributed by atoms with Gasteiger partial charge < -0.3 is 5.32 Å². The Morgan fingerprint density at radius 1 is 1.44 bits per heavy atom. The molecule has 1 heterocycles. The molecule has 96 valence electrons. The Morgan fingerprint density at radius 2 is 2.33 bits per heavy atom. The summed E-state index contributed by atoms with van der Waals surface area (Å²) in [6.45, 7) is 4.03. The number of halogens is 1. The molecule has 0 unspecified atom stereocenters. The molecule has 1 N–H and O–H groups in total. The summed E-state index contributed by atoms with van der Waals surface area (Å²) in [6.07, 6.45) is 2.95. The zero-order valence-corrected chi connectivity index (χ0v) is 12.5. The van der Waals surface area contributed by atoms with Gasteiger partial charge in [-0.15, -0.1) is 11.3 Å². The summed E-state index contributed by atoms with van der Waals surface area (Å²) >= 11 is 9.56. The van der Waals surface area contributed by atoms with Crippen molar-refractivity contribution in [3.05, 3.63) is 40.4 Å². The third-order valence-corrected chi connectivity index (χ3v) is 4.89. The van der Waals surface area contributed by atoms with Crippen molar-refractivity contribution in [3.8, 4) is 0 Å². The molecule has 2 nitrogen and oxygen atoms in total. The van der Waals surface area contributed by atoms with E-state index < -0.39 is 0 Å². The van der Waals surface area contributed by atoms with Crippen LogP contribution in [0.1, 0.15) is 18.9 Å². The predicted octanol–water partition coefficient (Wildman–Crippen LogP) is 4.45. The second kappa shape index (κ2) is 7.14. The van der Waals surface area contributed by atoms with Gasteiger partial charge in [-0.05, 0) is 24.6 Å². The number of rotatable bonds is 6. The molecule has 0 aliphatic rings. The first kappa shape index (κ1) is 13.9. The van der Waals surface area contributed by atoms with Gasteiger partial charge in [0.15, 0.2) is 4.34 Å². The van der Waals surface area contributed by atoms with Crippen LogP contribution in [0, 0.1) is 0 Å². The zero-order valence-electron chi connectivity index (χ0n) is 10.1. The number of benzene rings is 1. The standard InChI is InChI=1S/C13H15ClN2S2/c1-2-6-15-9-10-4-3-5-11(14)12(10)18-13-16-7-8-17-13/h3-5,7-8,15H,2,6,9H2,1H3. The topological polar surface area (TPSA) is 24.9 Å². The van der Waals surface area contributed by atoms with Crippen LogP contribution in [0.4, 0.5) is 0 Å². The molecular formula is C13H15ClN2S2. The Labute approximate surface area is 121 Å². The van der Waals surface area contributed by atoms with Crippen LogP contribution >= 0.6 is 34.7 Å². The van der Waals surface area contributed by atoms with E-state index in [1.54, 1.807) is 23.1 Å². The van der Waals surface area contributed by atoms with E-state index in [1.807, 2.05) is 23.7 Å². The highest BCUT2D eigenvalue weighted by atomic mass is 35.5. The summed E-state index contributed by atoms with van der Waals surface area (Å²) in [5.74, 6) is 0. The highest BCUT2D eigenvalue weighted by molar-refractivity contribution is 8.01. The maximum atomic E-state index is 6.29.